The first-order valence-electron chi connectivity index (χ1n) is 7.40. The van der Waals surface area contributed by atoms with Crippen LogP contribution in [0.2, 0.25) is 0 Å². The van der Waals surface area contributed by atoms with Crippen LogP contribution in [0, 0.1) is 24.7 Å². The van der Waals surface area contributed by atoms with Crippen LogP contribution in [0.4, 0.5) is 0 Å². The number of benzene rings is 1. The molecule has 2 N–H and O–H groups in total. The standard InChI is InChI=1S/C17H27N/c1-12(2)14-7-9-15(10-8-14)17(18)16-6-4-5-13(3)11-16/h4-6,11-12,14-15,17H,7-10,18H2,1-3H3. The van der Waals surface area contributed by atoms with Crippen molar-refractivity contribution in [2.75, 3.05) is 0 Å². The Kier molecular flexibility index (Phi) is 4.45. The molecule has 1 aromatic rings. The van der Waals surface area contributed by atoms with Gasteiger partial charge in [0.15, 0.2) is 0 Å². The van der Waals surface area contributed by atoms with Crippen molar-refractivity contribution < 1.29 is 0 Å². The summed E-state index contributed by atoms with van der Waals surface area (Å²) >= 11 is 0. The fourth-order valence-electron chi connectivity index (χ4n) is 3.32. The van der Waals surface area contributed by atoms with Crippen LogP contribution in [-0.4, -0.2) is 0 Å². The second-order valence-electron chi connectivity index (χ2n) is 6.36. The van der Waals surface area contributed by atoms with Gasteiger partial charge in [0.25, 0.3) is 0 Å². The Hall–Kier alpha value is -0.820. The molecule has 0 radical (unpaired) electrons. The summed E-state index contributed by atoms with van der Waals surface area (Å²) in [5, 5.41) is 0. The van der Waals surface area contributed by atoms with Gasteiger partial charge in [-0.3, -0.25) is 0 Å². The molecule has 0 spiro atoms. The van der Waals surface area contributed by atoms with Crippen LogP contribution in [0.25, 0.3) is 0 Å². The van der Waals surface area contributed by atoms with Crippen LogP contribution in [0.3, 0.4) is 0 Å². The van der Waals surface area contributed by atoms with Crippen molar-refractivity contribution in [2.45, 2.75) is 52.5 Å². The van der Waals surface area contributed by atoms with Gasteiger partial charge in [-0.25, -0.2) is 0 Å². The third-order valence-corrected chi connectivity index (χ3v) is 4.69. The Balaban J connectivity index is 1.97. The summed E-state index contributed by atoms with van der Waals surface area (Å²) in [7, 11) is 0. The smallest absolute Gasteiger partial charge is 0.0323 e. The normalized spacial score (nSPS) is 26.3. The average Bonchev–Trinajstić information content (AvgIpc) is 2.38. The predicted molar refractivity (Wildman–Crippen MR) is 78.4 cm³/mol. The zero-order chi connectivity index (χ0) is 13.1. The maximum absolute atomic E-state index is 6.46. The fraction of sp³-hybridized carbons (Fsp3) is 0.647. The molecule has 1 fully saturated rings. The van der Waals surface area contributed by atoms with Crippen molar-refractivity contribution in [3.8, 4) is 0 Å². The summed E-state index contributed by atoms with van der Waals surface area (Å²) in [4.78, 5) is 0. The molecule has 0 aliphatic heterocycles. The lowest BCUT2D eigenvalue weighted by Crippen LogP contribution is -2.27. The van der Waals surface area contributed by atoms with Crippen molar-refractivity contribution in [1.82, 2.24) is 0 Å². The second-order valence-corrected chi connectivity index (χ2v) is 6.36. The molecule has 1 saturated carbocycles. The topological polar surface area (TPSA) is 26.0 Å². The van der Waals surface area contributed by atoms with E-state index >= 15 is 0 Å². The molecule has 2 rings (SSSR count). The first-order valence-corrected chi connectivity index (χ1v) is 7.40. The first-order chi connectivity index (χ1) is 8.58. The van der Waals surface area contributed by atoms with Crippen molar-refractivity contribution in [2.24, 2.45) is 23.5 Å². The molecule has 1 nitrogen and oxygen atoms in total. The van der Waals surface area contributed by atoms with Crippen LogP contribution in [0.15, 0.2) is 24.3 Å². The maximum Gasteiger partial charge on any atom is 0.0323 e. The van der Waals surface area contributed by atoms with E-state index in [4.69, 9.17) is 5.73 Å². The second kappa shape index (κ2) is 5.88. The Morgan fingerprint density at radius 2 is 1.67 bits per heavy atom. The van der Waals surface area contributed by atoms with E-state index in [1.54, 1.807) is 0 Å². The van der Waals surface area contributed by atoms with E-state index in [-0.39, 0.29) is 6.04 Å². The molecule has 18 heavy (non-hydrogen) atoms. The number of hydrogen-bond donors (Lipinski definition) is 1. The third kappa shape index (κ3) is 3.14. The molecule has 100 valence electrons. The van der Waals surface area contributed by atoms with Gasteiger partial charge in [-0.15, -0.1) is 0 Å². The summed E-state index contributed by atoms with van der Waals surface area (Å²) in [6.07, 6.45) is 5.33. The molecule has 1 unspecified atom stereocenters. The van der Waals surface area contributed by atoms with Crippen molar-refractivity contribution >= 4 is 0 Å². The van der Waals surface area contributed by atoms with Crippen molar-refractivity contribution in [1.29, 1.82) is 0 Å². The minimum atomic E-state index is 0.234. The lowest BCUT2D eigenvalue weighted by molar-refractivity contribution is 0.203. The van der Waals surface area contributed by atoms with Crippen LogP contribution in [0.5, 0.6) is 0 Å². The molecule has 1 atom stereocenters. The largest absolute Gasteiger partial charge is 0.324 e. The van der Waals surface area contributed by atoms with Gasteiger partial charge in [-0.05, 0) is 55.9 Å². The summed E-state index contributed by atoms with van der Waals surface area (Å²) in [5.41, 5.74) is 9.10. The summed E-state index contributed by atoms with van der Waals surface area (Å²) < 4.78 is 0. The molecule has 0 heterocycles. The van der Waals surface area contributed by atoms with Crippen molar-refractivity contribution in [3.63, 3.8) is 0 Å². The molecule has 0 amide bonds. The average molecular weight is 245 g/mol. The Morgan fingerprint density at radius 1 is 1.06 bits per heavy atom. The van der Waals surface area contributed by atoms with Crippen LogP contribution in [-0.2, 0) is 0 Å². The highest BCUT2D eigenvalue weighted by molar-refractivity contribution is 5.25. The van der Waals surface area contributed by atoms with Gasteiger partial charge in [0.2, 0.25) is 0 Å². The van der Waals surface area contributed by atoms with Crippen LogP contribution < -0.4 is 5.73 Å². The van der Waals surface area contributed by atoms with E-state index in [9.17, 15) is 0 Å². The van der Waals surface area contributed by atoms with E-state index in [1.807, 2.05) is 0 Å². The Morgan fingerprint density at radius 3 is 2.22 bits per heavy atom. The minimum Gasteiger partial charge on any atom is -0.324 e. The molecule has 1 aliphatic carbocycles. The van der Waals surface area contributed by atoms with Gasteiger partial charge in [0.1, 0.15) is 0 Å². The molecule has 1 aliphatic rings. The molecule has 1 aromatic carbocycles. The first kappa shape index (κ1) is 13.6. The number of aryl methyl sites for hydroxylation is 1. The fourth-order valence-corrected chi connectivity index (χ4v) is 3.32. The van der Waals surface area contributed by atoms with Crippen LogP contribution >= 0.6 is 0 Å². The minimum absolute atomic E-state index is 0.234. The monoisotopic (exact) mass is 245 g/mol. The predicted octanol–water partition coefficient (Wildman–Crippen LogP) is 4.46. The van der Waals surface area contributed by atoms with Gasteiger partial charge in [-0.2, -0.15) is 0 Å². The number of rotatable bonds is 3. The summed E-state index contributed by atoms with van der Waals surface area (Å²) in [5.74, 6) is 2.44. The summed E-state index contributed by atoms with van der Waals surface area (Å²) in [6.45, 7) is 6.85. The molecule has 1 heteroatoms. The maximum atomic E-state index is 6.46. The van der Waals surface area contributed by atoms with Gasteiger partial charge in [-0.1, -0.05) is 43.7 Å². The van der Waals surface area contributed by atoms with Gasteiger partial charge in [0.05, 0.1) is 0 Å². The van der Waals surface area contributed by atoms with E-state index < -0.39 is 0 Å². The van der Waals surface area contributed by atoms with E-state index in [1.165, 1.54) is 36.8 Å². The van der Waals surface area contributed by atoms with E-state index in [0.717, 1.165) is 11.8 Å². The number of nitrogens with two attached hydrogens (primary N) is 1. The molecule has 0 aromatic heterocycles. The molecular weight excluding hydrogens is 218 g/mol. The zero-order valence-electron chi connectivity index (χ0n) is 12.0. The quantitative estimate of drug-likeness (QED) is 0.836. The van der Waals surface area contributed by atoms with E-state index in [2.05, 4.69) is 45.0 Å². The highest BCUT2D eigenvalue weighted by Gasteiger charge is 2.27. The van der Waals surface area contributed by atoms with Gasteiger partial charge < -0.3 is 5.73 Å². The van der Waals surface area contributed by atoms with E-state index in [0.29, 0.717) is 5.92 Å². The number of hydrogen-bond acceptors (Lipinski definition) is 1. The highest BCUT2D eigenvalue weighted by Crippen LogP contribution is 2.38. The van der Waals surface area contributed by atoms with Gasteiger partial charge >= 0.3 is 0 Å². The summed E-state index contributed by atoms with van der Waals surface area (Å²) in [6, 6.07) is 8.94. The highest BCUT2D eigenvalue weighted by atomic mass is 14.7. The SMILES string of the molecule is Cc1cccc(C(N)C2CCC(C(C)C)CC2)c1. The lowest BCUT2D eigenvalue weighted by atomic mass is 9.73. The van der Waals surface area contributed by atoms with Gasteiger partial charge in [0, 0.05) is 6.04 Å². The Labute approximate surface area is 112 Å². The molecule has 0 bridgehead atoms. The molecule has 0 saturated heterocycles. The molecular formula is C17H27N. The lowest BCUT2D eigenvalue weighted by Gasteiger charge is -2.34. The van der Waals surface area contributed by atoms with Crippen LogP contribution in [0.1, 0.15) is 56.7 Å². The zero-order valence-corrected chi connectivity index (χ0v) is 12.0. The van der Waals surface area contributed by atoms with Crippen molar-refractivity contribution in [3.05, 3.63) is 35.4 Å². The Bertz CT molecular complexity index is 375. The third-order valence-electron chi connectivity index (χ3n) is 4.69.